The Labute approximate surface area is 140 Å². The molecule has 0 aromatic heterocycles. The Morgan fingerprint density at radius 2 is 1.96 bits per heavy atom. The molecule has 0 radical (unpaired) electrons. The van der Waals surface area contributed by atoms with Crippen molar-refractivity contribution < 1.29 is 14.6 Å². The number of hydrogen-bond donors (Lipinski definition) is 2. The molecule has 2 aliphatic carbocycles. The fourth-order valence-electron chi connectivity index (χ4n) is 3.49. The lowest BCUT2D eigenvalue weighted by molar-refractivity contribution is 0.0203. The molecule has 3 unspecified atom stereocenters. The van der Waals surface area contributed by atoms with E-state index >= 15 is 0 Å². The van der Waals surface area contributed by atoms with Gasteiger partial charge in [0.15, 0.2) is 0 Å². The van der Waals surface area contributed by atoms with Crippen molar-refractivity contribution in [3.05, 3.63) is 0 Å². The van der Waals surface area contributed by atoms with Crippen LogP contribution < -0.4 is 5.32 Å². The van der Waals surface area contributed by atoms with Gasteiger partial charge in [0.1, 0.15) is 5.60 Å². The number of nitrogens with one attached hydrogen (secondary N) is 1. The van der Waals surface area contributed by atoms with Crippen LogP contribution in [0, 0.1) is 0 Å². The van der Waals surface area contributed by atoms with E-state index in [1.165, 1.54) is 25.7 Å². The number of aliphatic hydroxyl groups excluding tert-OH is 1. The van der Waals surface area contributed by atoms with Crippen LogP contribution in [-0.2, 0) is 4.74 Å². The molecule has 2 aliphatic rings. The van der Waals surface area contributed by atoms with Gasteiger partial charge in [-0.1, -0.05) is 13.3 Å². The maximum atomic E-state index is 12.2. The Balaban J connectivity index is 2.01. The fourth-order valence-corrected chi connectivity index (χ4v) is 3.49. The van der Waals surface area contributed by atoms with E-state index in [4.69, 9.17) is 4.74 Å². The zero-order valence-electron chi connectivity index (χ0n) is 15.2. The maximum absolute atomic E-state index is 12.2. The first-order valence-corrected chi connectivity index (χ1v) is 9.23. The molecular formula is C18H34N2O3. The number of rotatable bonds is 6. The molecule has 0 saturated heterocycles. The van der Waals surface area contributed by atoms with Crippen LogP contribution in [0.1, 0.15) is 72.6 Å². The second-order valence-electron chi connectivity index (χ2n) is 8.11. The first-order chi connectivity index (χ1) is 10.8. The van der Waals surface area contributed by atoms with Crippen LogP contribution in [-0.4, -0.2) is 52.5 Å². The average Bonchev–Trinajstić information content (AvgIpc) is 3.24. The lowest BCUT2D eigenvalue weighted by Gasteiger charge is -2.42. The van der Waals surface area contributed by atoms with Crippen molar-refractivity contribution in [1.29, 1.82) is 0 Å². The van der Waals surface area contributed by atoms with Gasteiger partial charge in [-0.05, 0) is 65.8 Å². The lowest BCUT2D eigenvalue weighted by Crippen LogP contribution is -2.56. The highest BCUT2D eigenvalue weighted by Crippen LogP contribution is 2.34. The minimum atomic E-state index is -0.480. The zero-order chi connectivity index (χ0) is 17.0. The summed E-state index contributed by atoms with van der Waals surface area (Å²) in [6.07, 6.45) is 6.56. The minimum absolute atomic E-state index is 0.0747. The standard InChI is InChI=1S/C18H34N2O3/c1-5-6-11-20(13-7-8-13)16-12-14(21)9-10-15(16)19-17(22)23-18(2,3)4/h13-16,21H,5-12H2,1-4H3,(H,19,22). The predicted molar refractivity (Wildman–Crippen MR) is 91.4 cm³/mol. The average molecular weight is 326 g/mol. The van der Waals surface area contributed by atoms with E-state index < -0.39 is 5.60 Å². The lowest BCUT2D eigenvalue weighted by atomic mass is 9.87. The number of ether oxygens (including phenoxy) is 1. The van der Waals surface area contributed by atoms with Crippen molar-refractivity contribution >= 4 is 6.09 Å². The molecule has 0 bridgehead atoms. The van der Waals surface area contributed by atoms with E-state index in [0.717, 1.165) is 25.8 Å². The maximum Gasteiger partial charge on any atom is 0.407 e. The Bertz CT molecular complexity index is 390. The molecule has 5 nitrogen and oxygen atoms in total. The van der Waals surface area contributed by atoms with Gasteiger partial charge < -0.3 is 15.2 Å². The Morgan fingerprint density at radius 1 is 1.26 bits per heavy atom. The van der Waals surface area contributed by atoms with Crippen LogP contribution >= 0.6 is 0 Å². The van der Waals surface area contributed by atoms with Crippen molar-refractivity contribution in [2.45, 2.75) is 102 Å². The molecule has 2 saturated carbocycles. The Hall–Kier alpha value is -0.810. The highest BCUT2D eigenvalue weighted by atomic mass is 16.6. The molecule has 0 heterocycles. The van der Waals surface area contributed by atoms with Crippen molar-refractivity contribution in [3.8, 4) is 0 Å². The molecule has 1 amide bonds. The summed E-state index contributed by atoms with van der Waals surface area (Å²) < 4.78 is 5.42. The quantitative estimate of drug-likeness (QED) is 0.787. The van der Waals surface area contributed by atoms with Crippen LogP contribution in [0.5, 0.6) is 0 Å². The summed E-state index contributed by atoms with van der Waals surface area (Å²) in [6.45, 7) is 8.91. The van der Waals surface area contributed by atoms with Gasteiger partial charge in [0, 0.05) is 18.1 Å². The molecule has 0 aromatic rings. The minimum Gasteiger partial charge on any atom is -0.444 e. The normalized spacial score (nSPS) is 28.7. The molecule has 2 fully saturated rings. The van der Waals surface area contributed by atoms with Crippen LogP contribution in [0.4, 0.5) is 4.79 Å². The van der Waals surface area contributed by atoms with Crippen molar-refractivity contribution in [2.75, 3.05) is 6.54 Å². The third-order valence-electron chi connectivity index (χ3n) is 4.70. The summed E-state index contributed by atoms with van der Waals surface area (Å²) in [7, 11) is 0. The van der Waals surface area contributed by atoms with Crippen LogP contribution in [0.25, 0.3) is 0 Å². The molecule has 0 aromatic carbocycles. The van der Waals surface area contributed by atoms with Gasteiger partial charge in [0.05, 0.1) is 6.10 Å². The number of nitrogens with zero attached hydrogens (tertiary/aromatic N) is 1. The number of aliphatic hydroxyl groups is 1. The van der Waals surface area contributed by atoms with E-state index in [9.17, 15) is 9.90 Å². The number of carbonyl (C=O) groups is 1. The monoisotopic (exact) mass is 326 g/mol. The summed E-state index contributed by atoms with van der Waals surface area (Å²) in [5.41, 5.74) is -0.480. The van der Waals surface area contributed by atoms with E-state index in [-0.39, 0.29) is 24.3 Å². The second-order valence-corrected chi connectivity index (χ2v) is 8.11. The molecule has 0 aliphatic heterocycles. The van der Waals surface area contributed by atoms with Gasteiger partial charge in [-0.3, -0.25) is 4.90 Å². The van der Waals surface area contributed by atoms with E-state index in [2.05, 4.69) is 17.1 Å². The molecule has 2 rings (SSSR count). The number of hydrogen-bond acceptors (Lipinski definition) is 4. The van der Waals surface area contributed by atoms with Gasteiger partial charge in [-0.2, -0.15) is 0 Å². The van der Waals surface area contributed by atoms with Gasteiger partial charge in [0.25, 0.3) is 0 Å². The first-order valence-electron chi connectivity index (χ1n) is 9.23. The van der Waals surface area contributed by atoms with Crippen molar-refractivity contribution in [3.63, 3.8) is 0 Å². The highest BCUT2D eigenvalue weighted by Gasteiger charge is 2.41. The third-order valence-corrected chi connectivity index (χ3v) is 4.70. The molecule has 5 heteroatoms. The van der Waals surface area contributed by atoms with Gasteiger partial charge >= 0.3 is 6.09 Å². The summed E-state index contributed by atoms with van der Waals surface area (Å²) in [5.74, 6) is 0. The van der Waals surface area contributed by atoms with Crippen molar-refractivity contribution in [1.82, 2.24) is 10.2 Å². The summed E-state index contributed by atoms with van der Waals surface area (Å²) in [5, 5.41) is 13.2. The van der Waals surface area contributed by atoms with E-state index in [1.807, 2.05) is 20.8 Å². The first kappa shape index (κ1) is 18.5. The molecular weight excluding hydrogens is 292 g/mol. The zero-order valence-corrected chi connectivity index (χ0v) is 15.2. The molecule has 134 valence electrons. The number of carbonyl (C=O) groups excluding carboxylic acids is 1. The molecule has 3 atom stereocenters. The largest absolute Gasteiger partial charge is 0.444 e. The number of alkyl carbamates (subject to hydrolysis) is 1. The SMILES string of the molecule is CCCCN(C1CC1)C1CC(O)CCC1NC(=O)OC(C)(C)C. The fraction of sp³-hybridized carbons (Fsp3) is 0.944. The predicted octanol–water partition coefficient (Wildman–Crippen LogP) is 3.06. The summed E-state index contributed by atoms with van der Waals surface area (Å²) in [4.78, 5) is 14.7. The Morgan fingerprint density at radius 3 is 2.52 bits per heavy atom. The van der Waals surface area contributed by atoms with Crippen LogP contribution in [0.2, 0.25) is 0 Å². The van der Waals surface area contributed by atoms with Gasteiger partial charge in [0.2, 0.25) is 0 Å². The van der Waals surface area contributed by atoms with Crippen molar-refractivity contribution in [2.24, 2.45) is 0 Å². The highest BCUT2D eigenvalue weighted by molar-refractivity contribution is 5.68. The van der Waals surface area contributed by atoms with Crippen LogP contribution in [0.3, 0.4) is 0 Å². The summed E-state index contributed by atoms with van der Waals surface area (Å²) in [6, 6.07) is 0.941. The Kier molecular flexibility index (Phi) is 6.32. The smallest absolute Gasteiger partial charge is 0.407 e. The van der Waals surface area contributed by atoms with E-state index in [0.29, 0.717) is 6.04 Å². The van der Waals surface area contributed by atoms with Crippen LogP contribution in [0.15, 0.2) is 0 Å². The number of amides is 1. The van der Waals surface area contributed by atoms with E-state index in [1.54, 1.807) is 0 Å². The topological polar surface area (TPSA) is 61.8 Å². The molecule has 0 spiro atoms. The molecule has 23 heavy (non-hydrogen) atoms. The van der Waals surface area contributed by atoms with Gasteiger partial charge in [-0.25, -0.2) is 4.79 Å². The van der Waals surface area contributed by atoms with Gasteiger partial charge in [-0.15, -0.1) is 0 Å². The second kappa shape index (κ2) is 7.84. The summed E-state index contributed by atoms with van der Waals surface area (Å²) >= 11 is 0. The molecule has 2 N–H and O–H groups in total. The number of unbranched alkanes of at least 4 members (excludes halogenated alkanes) is 1. The third kappa shape index (κ3) is 5.96.